The van der Waals surface area contributed by atoms with Crippen LogP contribution in [-0.4, -0.2) is 17.8 Å². The highest BCUT2D eigenvalue weighted by Gasteiger charge is 2.38. The third-order valence-electron chi connectivity index (χ3n) is 2.47. The van der Waals surface area contributed by atoms with Gasteiger partial charge in [-0.05, 0) is 19.3 Å². The van der Waals surface area contributed by atoms with E-state index in [4.69, 9.17) is 0 Å². The molecule has 0 aromatic rings. The fourth-order valence-corrected chi connectivity index (χ4v) is 1.65. The number of hydrogen-bond donors (Lipinski definition) is 0. The van der Waals surface area contributed by atoms with E-state index in [-0.39, 0.29) is 0 Å². The Balaban J connectivity index is 2.98. The summed E-state index contributed by atoms with van der Waals surface area (Å²) in [5.74, 6) is 0.949. The van der Waals surface area contributed by atoms with Crippen molar-refractivity contribution in [3.05, 3.63) is 5.92 Å². The minimum Gasteiger partial charge on any atom is -0.211 e. The van der Waals surface area contributed by atoms with E-state index in [1.165, 1.54) is 12.2 Å². The van der Waals surface area contributed by atoms with Crippen molar-refractivity contribution in [3.63, 3.8) is 0 Å². The van der Waals surface area contributed by atoms with Crippen LogP contribution in [0.2, 0.25) is 0 Å². The fraction of sp³-hybridized carbons (Fsp3) is 0.667. The Labute approximate surface area is 76.8 Å². The molecule has 1 saturated carbocycles. The lowest BCUT2D eigenvalue weighted by Gasteiger charge is -2.32. The molecule has 4 nitrogen and oxygen atoms in total. The molecular formula is C9H11N2O2. The normalized spacial score (nSPS) is 28.7. The molecule has 0 spiro atoms. The Morgan fingerprint density at radius 1 is 1.23 bits per heavy atom. The van der Waals surface area contributed by atoms with E-state index in [1.807, 2.05) is 6.92 Å². The molecule has 1 fully saturated rings. The van der Waals surface area contributed by atoms with Crippen LogP contribution in [0.4, 0.5) is 0 Å². The van der Waals surface area contributed by atoms with Crippen molar-refractivity contribution in [2.24, 2.45) is 9.98 Å². The van der Waals surface area contributed by atoms with E-state index in [0.717, 1.165) is 25.2 Å². The second kappa shape index (κ2) is 4.13. The largest absolute Gasteiger partial charge is 0.237 e. The van der Waals surface area contributed by atoms with Crippen LogP contribution in [0.5, 0.6) is 0 Å². The molecule has 0 saturated heterocycles. The molecule has 0 unspecified atom stereocenters. The minimum atomic E-state index is -0.943. The van der Waals surface area contributed by atoms with Gasteiger partial charge in [0.15, 0.2) is 5.66 Å². The van der Waals surface area contributed by atoms with Gasteiger partial charge in [0.05, 0.1) is 0 Å². The smallest absolute Gasteiger partial charge is 0.211 e. The van der Waals surface area contributed by atoms with Crippen LogP contribution in [0.15, 0.2) is 9.98 Å². The SMILES string of the molecule is C[C]1CCCCC1(N=C=O)N=C=O. The predicted octanol–water partition coefficient (Wildman–Crippen LogP) is 1.52. The Bertz CT molecular complexity index is 257. The van der Waals surface area contributed by atoms with Crippen LogP contribution >= 0.6 is 0 Å². The van der Waals surface area contributed by atoms with Gasteiger partial charge in [-0.15, -0.1) is 0 Å². The summed E-state index contributed by atoms with van der Waals surface area (Å²) in [6.45, 7) is 1.86. The molecule has 0 heterocycles. The first-order valence-corrected chi connectivity index (χ1v) is 4.26. The molecule has 0 aromatic carbocycles. The average molecular weight is 179 g/mol. The molecule has 0 N–H and O–H groups in total. The summed E-state index contributed by atoms with van der Waals surface area (Å²) in [7, 11) is 0. The van der Waals surface area contributed by atoms with Gasteiger partial charge in [0.25, 0.3) is 0 Å². The van der Waals surface area contributed by atoms with Gasteiger partial charge in [0.2, 0.25) is 12.2 Å². The van der Waals surface area contributed by atoms with Gasteiger partial charge in [-0.1, -0.05) is 13.3 Å². The van der Waals surface area contributed by atoms with E-state index >= 15 is 0 Å². The molecule has 1 radical (unpaired) electrons. The first kappa shape index (κ1) is 9.85. The first-order valence-electron chi connectivity index (χ1n) is 4.26. The van der Waals surface area contributed by atoms with Crippen molar-refractivity contribution in [1.29, 1.82) is 0 Å². The van der Waals surface area contributed by atoms with Crippen LogP contribution in [0, 0.1) is 5.92 Å². The van der Waals surface area contributed by atoms with Crippen molar-refractivity contribution < 1.29 is 9.59 Å². The Kier molecular flexibility index (Phi) is 3.13. The van der Waals surface area contributed by atoms with Crippen LogP contribution in [0.25, 0.3) is 0 Å². The topological polar surface area (TPSA) is 58.9 Å². The van der Waals surface area contributed by atoms with Gasteiger partial charge < -0.3 is 0 Å². The molecule has 69 valence electrons. The molecule has 0 aromatic heterocycles. The zero-order chi connectivity index (χ0) is 9.73. The molecule has 13 heavy (non-hydrogen) atoms. The highest BCUT2D eigenvalue weighted by molar-refractivity contribution is 5.41. The summed E-state index contributed by atoms with van der Waals surface area (Å²) in [6.07, 6.45) is 6.41. The van der Waals surface area contributed by atoms with E-state index in [9.17, 15) is 9.59 Å². The monoisotopic (exact) mass is 179 g/mol. The molecule has 1 aliphatic carbocycles. The van der Waals surface area contributed by atoms with Gasteiger partial charge in [0.1, 0.15) is 0 Å². The summed E-state index contributed by atoms with van der Waals surface area (Å²) < 4.78 is 0. The zero-order valence-corrected chi connectivity index (χ0v) is 7.54. The van der Waals surface area contributed by atoms with Gasteiger partial charge in [0, 0.05) is 5.92 Å². The lowest BCUT2D eigenvalue weighted by atomic mass is 9.81. The third kappa shape index (κ3) is 1.92. The summed E-state index contributed by atoms with van der Waals surface area (Å²) in [5.41, 5.74) is -0.943. The van der Waals surface area contributed by atoms with Crippen LogP contribution in [0.3, 0.4) is 0 Å². The highest BCUT2D eigenvalue weighted by Crippen LogP contribution is 2.38. The van der Waals surface area contributed by atoms with Gasteiger partial charge >= 0.3 is 0 Å². The number of isocyanates is 2. The molecule has 1 aliphatic rings. The van der Waals surface area contributed by atoms with Crippen LogP contribution < -0.4 is 0 Å². The summed E-state index contributed by atoms with van der Waals surface area (Å²) >= 11 is 0. The predicted molar refractivity (Wildman–Crippen MR) is 46.4 cm³/mol. The van der Waals surface area contributed by atoms with Gasteiger partial charge in [-0.25, -0.2) is 9.59 Å². The van der Waals surface area contributed by atoms with Crippen molar-refractivity contribution in [2.75, 3.05) is 0 Å². The molecule has 0 aliphatic heterocycles. The molecule has 1 rings (SSSR count). The summed E-state index contributed by atoms with van der Waals surface area (Å²) in [4.78, 5) is 27.6. The minimum absolute atomic E-state index is 0.614. The van der Waals surface area contributed by atoms with E-state index in [0.29, 0.717) is 6.42 Å². The second-order valence-corrected chi connectivity index (χ2v) is 3.21. The molecular weight excluding hydrogens is 168 g/mol. The zero-order valence-electron chi connectivity index (χ0n) is 7.54. The van der Waals surface area contributed by atoms with Gasteiger partial charge in [-0.2, -0.15) is 9.98 Å². The lowest BCUT2D eigenvalue weighted by molar-refractivity contribution is 0.344. The van der Waals surface area contributed by atoms with E-state index in [1.54, 1.807) is 0 Å². The Hall–Kier alpha value is -1.24. The van der Waals surface area contributed by atoms with Gasteiger partial charge in [-0.3, -0.25) is 0 Å². The highest BCUT2D eigenvalue weighted by atomic mass is 16.1. The van der Waals surface area contributed by atoms with Crippen molar-refractivity contribution >= 4 is 12.2 Å². The number of carbonyl (C=O) groups excluding carboxylic acids is 2. The Morgan fingerprint density at radius 3 is 2.31 bits per heavy atom. The maximum absolute atomic E-state index is 10.2. The van der Waals surface area contributed by atoms with Crippen molar-refractivity contribution in [2.45, 2.75) is 38.3 Å². The van der Waals surface area contributed by atoms with Crippen LogP contribution in [0.1, 0.15) is 32.6 Å². The first-order chi connectivity index (χ1) is 6.25. The molecule has 0 amide bonds. The summed E-state index contributed by atoms with van der Waals surface area (Å²) in [5, 5.41) is 0. The lowest BCUT2D eigenvalue weighted by Crippen LogP contribution is -2.33. The van der Waals surface area contributed by atoms with Crippen molar-refractivity contribution in [1.82, 2.24) is 0 Å². The number of hydrogen-bond acceptors (Lipinski definition) is 4. The second-order valence-electron chi connectivity index (χ2n) is 3.21. The quantitative estimate of drug-likeness (QED) is 0.476. The molecule has 4 heteroatoms. The number of aliphatic imine (C=N–C) groups is 2. The fourth-order valence-electron chi connectivity index (χ4n) is 1.65. The summed E-state index contributed by atoms with van der Waals surface area (Å²) in [6, 6.07) is 0. The van der Waals surface area contributed by atoms with Crippen molar-refractivity contribution in [3.8, 4) is 0 Å². The Morgan fingerprint density at radius 2 is 1.85 bits per heavy atom. The number of nitrogens with zero attached hydrogens (tertiary/aromatic N) is 2. The number of rotatable bonds is 2. The molecule has 0 atom stereocenters. The standard InChI is InChI=1S/C9H11N2O2/c1-8-4-2-3-5-9(8,10-6-12)11-7-13/h2-5H2,1H3. The average Bonchev–Trinajstić information content (AvgIpc) is 2.11. The molecule has 0 bridgehead atoms. The van der Waals surface area contributed by atoms with E-state index < -0.39 is 5.66 Å². The van der Waals surface area contributed by atoms with Crippen LogP contribution in [-0.2, 0) is 9.59 Å². The third-order valence-corrected chi connectivity index (χ3v) is 2.47. The van der Waals surface area contributed by atoms with E-state index in [2.05, 4.69) is 9.98 Å². The maximum Gasteiger partial charge on any atom is 0.237 e. The maximum atomic E-state index is 10.2.